The van der Waals surface area contributed by atoms with Crippen LogP contribution >= 0.6 is 0 Å². The summed E-state index contributed by atoms with van der Waals surface area (Å²) in [5.41, 5.74) is 0.713. The molecule has 0 radical (unpaired) electrons. The minimum Gasteiger partial charge on any atom is -0.481 e. The van der Waals surface area contributed by atoms with E-state index in [2.05, 4.69) is 4.98 Å². The van der Waals surface area contributed by atoms with Crippen molar-refractivity contribution in [3.8, 4) is 11.6 Å². The number of carboxylic acids is 1. The first-order valence-corrected chi connectivity index (χ1v) is 8.88. The number of pyridine rings is 1. The predicted molar refractivity (Wildman–Crippen MR) is 101 cm³/mol. The van der Waals surface area contributed by atoms with Crippen LogP contribution in [0.4, 0.5) is 13.2 Å². The monoisotopic (exact) mass is 401 g/mol. The molecule has 0 amide bonds. The molecule has 1 N–H and O–H groups in total. The number of hydrogen-bond acceptors (Lipinski definition) is 3. The second-order valence-corrected chi connectivity index (χ2v) is 6.53. The Morgan fingerprint density at radius 2 is 1.55 bits per heavy atom. The molecule has 0 spiro atoms. The summed E-state index contributed by atoms with van der Waals surface area (Å²) in [7, 11) is 0. The number of halogens is 3. The van der Waals surface area contributed by atoms with Crippen LogP contribution in [0.2, 0.25) is 0 Å². The molecule has 0 saturated heterocycles. The maximum atomic E-state index is 13.0. The van der Waals surface area contributed by atoms with E-state index in [0.29, 0.717) is 12.8 Å². The number of benzene rings is 2. The lowest BCUT2D eigenvalue weighted by atomic mass is 9.92. The molecule has 3 aromatic rings. The second-order valence-electron chi connectivity index (χ2n) is 6.53. The summed E-state index contributed by atoms with van der Waals surface area (Å²) in [6.45, 7) is 0. The quantitative estimate of drug-likeness (QED) is 0.578. The Labute approximate surface area is 165 Å². The Hall–Kier alpha value is -3.35. The van der Waals surface area contributed by atoms with E-state index in [1.807, 2.05) is 30.3 Å². The van der Waals surface area contributed by atoms with Gasteiger partial charge in [-0.1, -0.05) is 42.5 Å². The molecular formula is C22H18F3NO3. The molecule has 4 nitrogen and oxygen atoms in total. The number of nitrogens with zero attached hydrogens (tertiary/aromatic N) is 1. The number of aromatic nitrogens is 1. The third kappa shape index (κ3) is 5.57. The van der Waals surface area contributed by atoms with Gasteiger partial charge < -0.3 is 9.84 Å². The molecule has 1 aromatic heterocycles. The van der Waals surface area contributed by atoms with Gasteiger partial charge in [-0.25, -0.2) is 4.98 Å². The zero-order valence-electron chi connectivity index (χ0n) is 15.3. The molecule has 0 aliphatic heterocycles. The largest absolute Gasteiger partial charge is 0.481 e. The summed E-state index contributed by atoms with van der Waals surface area (Å²) in [5, 5.41) is 9.51. The number of carbonyl (C=O) groups is 1. The Morgan fingerprint density at radius 3 is 2.14 bits per heavy atom. The van der Waals surface area contributed by atoms with Crippen LogP contribution in [0.25, 0.3) is 0 Å². The van der Waals surface area contributed by atoms with Gasteiger partial charge in [0.1, 0.15) is 11.3 Å². The minimum absolute atomic E-state index is 0.188. The van der Waals surface area contributed by atoms with Gasteiger partial charge in [-0.3, -0.25) is 4.79 Å². The van der Waals surface area contributed by atoms with Gasteiger partial charge >= 0.3 is 12.1 Å². The summed E-state index contributed by atoms with van der Waals surface area (Å²) >= 11 is 0. The van der Waals surface area contributed by atoms with Crippen molar-refractivity contribution < 1.29 is 27.8 Å². The second kappa shape index (κ2) is 8.77. The molecule has 1 unspecified atom stereocenters. The highest BCUT2D eigenvalue weighted by molar-refractivity contribution is 5.71. The topological polar surface area (TPSA) is 59.4 Å². The third-order valence-electron chi connectivity index (χ3n) is 4.37. The van der Waals surface area contributed by atoms with E-state index in [0.717, 1.165) is 17.2 Å². The van der Waals surface area contributed by atoms with Crippen molar-refractivity contribution >= 4 is 5.97 Å². The first-order valence-electron chi connectivity index (χ1n) is 8.88. The van der Waals surface area contributed by atoms with Gasteiger partial charge in [0.25, 0.3) is 0 Å². The zero-order valence-corrected chi connectivity index (χ0v) is 15.3. The first kappa shape index (κ1) is 20.4. The number of ether oxygens (including phenoxy) is 1. The van der Waals surface area contributed by atoms with E-state index in [1.165, 1.54) is 24.4 Å². The molecule has 1 atom stereocenters. The minimum atomic E-state index is -4.57. The van der Waals surface area contributed by atoms with Crippen LogP contribution in [0, 0.1) is 5.92 Å². The van der Waals surface area contributed by atoms with Gasteiger partial charge in [0, 0.05) is 6.20 Å². The molecule has 2 aromatic carbocycles. The fraction of sp³-hybridized carbons (Fsp3) is 0.182. The number of aliphatic carboxylic acids is 1. The molecule has 7 heteroatoms. The van der Waals surface area contributed by atoms with Crippen LogP contribution in [-0.2, 0) is 23.8 Å². The van der Waals surface area contributed by atoms with E-state index in [-0.39, 0.29) is 5.75 Å². The van der Waals surface area contributed by atoms with Gasteiger partial charge in [0.2, 0.25) is 5.88 Å². The third-order valence-corrected chi connectivity index (χ3v) is 4.37. The molecule has 0 fully saturated rings. The Kier molecular flexibility index (Phi) is 6.16. The fourth-order valence-corrected chi connectivity index (χ4v) is 2.92. The predicted octanol–water partition coefficient (Wildman–Crippen LogP) is 5.38. The smallest absolute Gasteiger partial charge is 0.421 e. The average Bonchev–Trinajstić information content (AvgIpc) is 2.69. The molecule has 0 aliphatic carbocycles. The lowest BCUT2D eigenvalue weighted by Crippen LogP contribution is -2.19. The number of carboxylic acid groups (broad SMARTS) is 1. The lowest BCUT2D eigenvalue weighted by Gasteiger charge is -2.14. The van der Waals surface area contributed by atoms with Gasteiger partial charge in [0.15, 0.2) is 0 Å². The van der Waals surface area contributed by atoms with Gasteiger partial charge in [-0.05, 0) is 48.2 Å². The number of alkyl halides is 3. The molecule has 150 valence electrons. The number of rotatable bonds is 7. The molecular weight excluding hydrogens is 383 g/mol. The van der Waals surface area contributed by atoms with Crippen molar-refractivity contribution in [2.24, 2.45) is 5.92 Å². The van der Waals surface area contributed by atoms with Crippen molar-refractivity contribution in [1.29, 1.82) is 0 Å². The van der Waals surface area contributed by atoms with E-state index < -0.39 is 29.5 Å². The summed E-state index contributed by atoms with van der Waals surface area (Å²) in [6.07, 6.45) is -2.67. The number of hydrogen-bond donors (Lipinski definition) is 1. The normalized spacial score (nSPS) is 12.4. The van der Waals surface area contributed by atoms with Crippen molar-refractivity contribution in [2.45, 2.75) is 19.0 Å². The van der Waals surface area contributed by atoms with Crippen LogP contribution < -0.4 is 4.74 Å². The highest BCUT2D eigenvalue weighted by Gasteiger charge is 2.35. The highest BCUT2D eigenvalue weighted by Crippen LogP contribution is 2.36. The summed E-state index contributed by atoms with van der Waals surface area (Å²) < 4.78 is 44.4. The van der Waals surface area contributed by atoms with Crippen LogP contribution in [-0.4, -0.2) is 16.1 Å². The van der Waals surface area contributed by atoms with Crippen molar-refractivity contribution in [3.05, 3.63) is 89.6 Å². The average molecular weight is 401 g/mol. The molecule has 0 bridgehead atoms. The van der Waals surface area contributed by atoms with E-state index in [9.17, 15) is 23.1 Å². The van der Waals surface area contributed by atoms with E-state index in [1.54, 1.807) is 12.1 Å². The molecule has 3 rings (SSSR count). The maximum absolute atomic E-state index is 13.0. The van der Waals surface area contributed by atoms with E-state index in [4.69, 9.17) is 4.74 Å². The van der Waals surface area contributed by atoms with Crippen LogP contribution in [0.3, 0.4) is 0 Å². The SMILES string of the molecule is O=C(O)C(Cc1ccccc1)Cc1ccc(Oc2ncccc2C(F)(F)F)cc1. The standard InChI is InChI=1S/C22H18F3NO3/c23-22(24,25)19-7-4-12-26-20(19)29-18-10-8-16(9-11-18)14-17(21(27)28)13-15-5-2-1-3-6-15/h1-12,17H,13-14H2,(H,27,28). The molecule has 0 saturated carbocycles. The highest BCUT2D eigenvalue weighted by atomic mass is 19.4. The van der Waals surface area contributed by atoms with Crippen molar-refractivity contribution in [1.82, 2.24) is 4.98 Å². The molecule has 29 heavy (non-hydrogen) atoms. The Bertz CT molecular complexity index is 957. The van der Waals surface area contributed by atoms with E-state index >= 15 is 0 Å². The van der Waals surface area contributed by atoms with Crippen molar-refractivity contribution in [2.75, 3.05) is 0 Å². The lowest BCUT2D eigenvalue weighted by molar-refractivity contribution is -0.141. The zero-order chi connectivity index (χ0) is 20.9. The summed E-state index contributed by atoms with van der Waals surface area (Å²) in [4.78, 5) is 15.3. The van der Waals surface area contributed by atoms with Crippen LogP contribution in [0.15, 0.2) is 72.9 Å². The first-order chi connectivity index (χ1) is 13.8. The van der Waals surface area contributed by atoms with Crippen LogP contribution in [0.1, 0.15) is 16.7 Å². The Balaban J connectivity index is 1.71. The summed E-state index contributed by atoms with van der Waals surface area (Å²) in [6, 6.07) is 17.7. The molecule has 1 heterocycles. The summed E-state index contributed by atoms with van der Waals surface area (Å²) in [5.74, 6) is -1.86. The van der Waals surface area contributed by atoms with Gasteiger partial charge in [-0.15, -0.1) is 0 Å². The fourth-order valence-electron chi connectivity index (χ4n) is 2.92. The van der Waals surface area contributed by atoms with Crippen LogP contribution in [0.5, 0.6) is 11.6 Å². The van der Waals surface area contributed by atoms with Gasteiger partial charge in [0.05, 0.1) is 5.92 Å². The molecule has 0 aliphatic rings. The Morgan fingerprint density at radius 1 is 0.931 bits per heavy atom. The van der Waals surface area contributed by atoms with Gasteiger partial charge in [-0.2, -0.15) is 13.2 Å². The maximum Gasteiger partial charge on any atom is 0.421 e. The van der Waals surface area contributed by atoms with Crippen molar-refractivity contribution in [3.63, 3.8) is 0 Å².